The number of esters is 1. The highest BCUT2D eigenvalue weighted by Gasteiger charge is 2.25. The summed E-state index contributed by atoms with van der Waals surface area (Å²) < 4.78 is 17.5. The molecule has 1 aliphatic rings. The van der Waals surface area contributed by atoms with Gasteiger partial charge in [0, 0.05) is 0 Å². The zero-order chi connectivity index (χ0) is 17.8. The number of carbonyl (C=O) groups excluding carboxylic acids is 1. The van der Waals surface area contributed by atoms with E-state index >= 15 is 0 Å². The molecule has 0 atom stereocenters. The summed E-state index contributed by atoms with van der Waals surface area (Å²) >= 11 is 3.67. The van der Waals surface area contributed by atoms with Crippen molar-refractivity contribution in [2.75, 3.05) is 13.2 Å². The lowest BCUT2D eigenvalue weighted by Gasteiger charge is -2.13. The number of benzene rings is 1. The first-order valence-electron chi connectivity index (χ1n) is 7.78. The summed E-state index contributed by atoms with van der Waals surface area (Å²) in [7, 11) is 0. The molecular weight excluding hydrogens is 453 g/mol. The molecule has 0 amide bonds. The maximum Gasteiger partial charge on any atom is 0.363 e. The number of hydrogen-bond acceptors (Lipinski definition) is 6. The highest BCUT2D eigenvalue weighted by atomic mass is 127. The maximum atomic E-state index is 12.1. The van der Waals surface area contributed by atoms with E-state index in [-0.39, 0.29) is 5.70 Å². The molecule has 0 N–H and O–H groups in total. The average Bonchev–Trinajstić information content (AvgIpc) is 3.22. The highest BCUT2D eigenvalue weighted by molar-refractivity contribution is 14.1. The molecule has 3 rings (SSSR count). The number of carbonyl (C=O) groups is 1. The predicted molar refractivity (Wildman–Crippen MR) is 106 cm³/mol. The van der Waals surface area contributed by atoms with Gasteiger partial charge in [0.25, 0.3) is 0 Å². The van der Waals surface area contributed by atoms with E-state index < -0.39 is 5.97 Å². The van der Waals surface area contributed by atoms with E-state index in [1.807, 2.05) is 43.5 Å². The quantitative estimate of drug-likeness (QED) is 0.356. The van der Waals surface area contributed by atoms with E-state index in [9.17, 15) is 4.79 Å². The van der Waals surface area contributed by atoms with Crippen LogP contribution < -0.4 is 9.47 Å². The lowest BCUT2D eigenvalue weighted by atomic mass is 10.1. The van der Waals surface area contributed by atoms with Crippen molar-refractivity contribution in [3.8, 4) is 11.5 Å². The highest BCUT2D eigenvalue weighted by Crippen LogP contribution is 2.35. The van der Waals surface area contributed by atoms with E-state index in [1.165, 1.54) is 11.3 Å². The maximum absolute atomic E-state index is 12.1. The first-order chi connectivity index (χ1) is 12.1. The smallest absolute Gasteiger partial charge is 0.363 e. The summed E-state index contributed by atoms with van der Waals surface area (Å²) in [5, 5.41) is 1.91. The molecule has 1 aromatic heterocycles. The van der Waals surface area contributed by atoms with Crippen molar-refractivity contribution in [3.63, 3.8) is 0 Å². The third-order valence-electron chi connectivity index (χ3n) is 3.28. The Morgan fingerprint density at radius 1 is 1.28 bits per heavy atom. The first kappa shape index (κ1) is 17.9. The number of halogens is 1. The molecule has 0 fully saturated rings. The molecule has 1 aliphatic heterocycles. The topological polar surface area (TPSA) is 57.1 Å². The van der Waals surface area contributed by atoms with E-state index in [4.69, 9.17) is 14.2 Å². The minimum absolute atomic E-state index is 0.269. The van der Waals surface area contributed by atoms with Gasteiger partial charge in [0.1, 0.15) is 0 Å². The molecule has 1 aromatic carbocycles. The minimum atomic E-state index is -0.453. The minimum Gasteiger partial charge on any atom is -0.490 e. The van der Waals surface area contributed by atoms with Crippen molar-refractivity contribution >= 4 is 51.9 Å². The van der Waals surface area contributed by atoms with E-state index in [0.29, 0.717) is 30.6 Å². The number of rotatable bonds is 6. The van der Waals surface area contributed by atoms with Gasteiger partial charge in [-0.25, -0.2) is 9.79 Å². The summed E-state index contributed by atoms with van der Waals surface area (Å²) in [6, 6.07) is 7.52. The largest absolute Gasteiger partial charge is 0.490 e. The zero-order valence-electron chi connectivity index (χ0n) is 13.7. The van der Waals surface area contributed by atoms with Crippen molar-refractivity contribution in [3.05, 3.63) is 49.4 Å². The van der Waals surface area contributed by atoms with E-state index in [1.54, 1.807) is 6.08 Å². The second kappa shape index (κ2) is 8.01. The molecule has 7 heteroatoms. The first-order valence-corrected chi connectivity index (χ1v) is 9.73. The van der Waals surface area contributed by atoms with Crippen LogP contribution in [-0.4, -0.2) is 25.1 Å². The molecule has 130 valence electrons. The fraction of sp³-hybridized carbons (Fsp3) is 0.222. The summed E-state index contributed by atoms with van der Waals surface area (Å²) in [5.41, 5.74) is 1.07. The van der Waals surface area contributed by atoms with Crippen LogP contribution in [0.1, 0.15) is 24.3 Å². The number of aliphatic imine (C=N–C) groups is 1. The molecule has 0 radical (unpaired) electrons. The Bertz CT molecular complexity index is 843. The van der Waals surface area contributed by atoms with Crippen LogP contribution in [-0.2, 0) is 9.53 Å². The van der Waals surface area contributed by atoms with Crippen molar-refractivity contribution in [1.29, 1.82) is 0 Å². The third kappa shape index (κ3) is 4.04. The summed E-state index contributed by atoms with van der Waals surface area (Å²) in [4.78, 5) is 17.2. The standard InChI is InChI=1S/C18H16INO4S/c1-3-22-14-10-11(8-12(19)16(14)23-4-2)9-13-18(21)24-17(20-13)15-6-5-7-25-15/h5-10H,3-4H2,1-2H3/b13-9-. The Labute approximate surface area is 163 Å². The van der Waals surface area contributed by atoms with Crippen LogP contribution in [0, 0.1) is 3.57 Å². The lowest BCUT2D eigenvalue weighted by molar-refractivity contribution is -0.129. The molecule has 2 aromatic rings. The van der Waals surface area contributed by atoms with Gasteiger partial charge in [0.05, 0.1) is 21.7 Å². The summed E-state index contributed by atoms with van der Waals surface area (Å²) in [6.07, 6.45) is 1.70. The monoisotopic (exact) mass is 469 g/mol. The molecule has 0 spiro atoms. The van der Waals surface area contributed by atoms with Gasteiger partial charge < -0.3 is 14.2 Å². The second-order valence-electron chi connectivity index (χ2n) is 5.01. The molecule has 0 unspecified atom stereocenters. The Morgan fingerprint density at radius 3 is 2.76 bits per heavy atom. The zero-order valence-corrected chi connectivity index (χ0v) is 16.7. The Morgan fingerprint density at radius 2 is 2.08 bits per heavy atom. The number of ether oxygens (including phenoxy) is 3. The molecule has 0 aliphatic carbocycles. The fourth-order valence-corrected chi connectivity index (χ4v) is 3.72. The van der Waals surface area contributed by atoms with Crippen molar-refractivity contribution in [2.24, 2.45) is 4.99 Å². The third-order valence-corrected chi connectivity index (χ3v) is 4.94. The van der Waals surface area contributed by atoms with Gasteiger partial charge in [0.15, 0.2) is 17.2 Å². The van der Waals surface area contributed by atoms with Crippen LogP contribution in [0.15, 0.2) is 40.3 Å². The number of hydrogen-bond donors (Lipinski definition) is 0. The molecule has 5 nitrogen and oxygen atoms in total. The molecule has 25 heavy (non-hydrogen) atoms. The van der Waals surface area contributed by atoms with E-state index in [0.717, 1.165) is 14.0 Å². The summed E-state index contributed by atoms with van der Waals surface area (Å²) in [5.74, 6) is 1.25. The predicted octanol–water partition coefficient (Wildman–Crippen LogP) is 4.49. The van der Waals surface area contributed by atoms with Crippen LogP contribution in [0.25, 0.3) is 6.08 Å². The van der Waals surface area contributed by atoms with Gasteiger partial charge in [-0.05, 0) is 71.7 Å². The van der Waals surface area contributed by atoms with Gasteiger partial charge in [0.2, 0.25) is 5.90 Å². The SMILES string of the molecule is CCOc1cc(/C=C2\N=C(c3cccs3)OC2=O)cc(I)c1OCC. The van der Waals surface area contributed by atoms with Gasteiger partial charge in [-0.3, -0.25) is 0 Å². The second-order valence-corrected chi connectivity index (χ2v) is 7.12. The van der Waals surface area contributed by atoms with Crippen LogP contribution in [0.5, 0.6) is 11.5 Å². The van der Waals surface area contributed by atoms with Crippen LogP contribution >= 0.6 is 33.9 Å². The van der Waals surface area contributed by atoms with Gasteiger partial charge in [-0.15, -0.1) is 11.3 Å². The normalized spacial score (nSPS) is 15.2. The van der Waals surface area contributed by atoms with Crippen molar-refractivity contribution < 1.29 is 19.0 Å². The van der Waals surface area contributed by atoms with Crippen molar-refractivity contribution in [2.45, 2.75) is 13.8 Å². The number of cyclic esters (lactones) is 1. The molecule has 0 saturated heterocycles. The van der Waals surface area contributed by atoms with Crippen LogP contribution in [0.2, 0.25) is 0 Å². The Hall–Kier alpha value is -1.87. The van der Waals surface area contributed by atoms with E-state index in [2.05, 4.69) is 27.6 Å². The summed E-state index contributed by atoms with van der Waals surface area (Å²) in [6.45, 7) is 4.92. The van der Waals surface area contributed by atoms with Gasteiger partial charge in [-0.1, -0.05) is 6.07 Å². The Kier molecular flexibility index (Phi) is 5.74. The fourth-order valence-electron chi connectivity index (χ4n) is 2.29. The number of nitrogens with zero attached hydrogens (tertiary/aromatic N) is 1. The van der Waals surface area contributed by atoms with Crippen LogP contribution in [0.4, 0.5) is 0 Å². The van der Waals surface area contributed by atoms with Crippen molar-refractivity contribution in [1.82, 2.24) is 0 Å². The molecule has 0 bridgehead atoms. The number of thiophene rings is 1. The average molecular weight is 469 g/mol. The lowest BCUT2D eigenvalue weighted by Crippen LogP contribution is -2.03. The molecular formula is C18H16INO4S. The van der Waals surface area contributed by atoms with Crippen LogP contribution in [0.3, 0.4) is 0 Å². The van der Waals surface area contributed by atoms with Gasteiger partial charge in [-0.2, -0.15) is 0 Å². The molecule has 2 heterocycles. The van der Waals surface area contributed by atoms with Gasteiger partial charge >= 0.3 is 5.97 Å². The Balaban J connectivity index is 1.96. The molecule has 0 saturated carbocycles.